The molecule has 19 heteroatoms. The molecule has 0 radical (unpaired) electrons. The van der Waals surface area contributed by atoms with Crippen molar-refractivity contribution >= 4 is 5.91 Å². The highest BCUT2D eigenvalue weighted by Gasteiger charge is 2.94. The zero-order valence-corrected chi connectivity index (χ0v) is 31.8. The van der Waals surface area contributed by atoms with Gasteiger partial charge in [0.15, 0.2) is 0 Å². The molecule has 0 aromatic heterocycles. The third-order valence-electron chi connectivity index (χ3n) is 10.9. The summed E-state index contributed by atoms with van der Waals surface area (Å²) in [5.74, 6) is -30.2. The molecule has 2 saturated heterocycles. The van der Waals surface area contributed by atoms with Gasteiger partial charge >= 0.3 is 5.92 Å². The topological polar surface area (TPSA) is 287 Å². The van der Waals surface area contributed by atoms with E-state index in [0.29, 0.717) is 43.1 Å². The number of nitrogens with one attached hydrogen (secondary N) is 1. The minimum atomic E-state index is -5.87. The van der Waals surface area contributed by atoms with Crippen LogP contribution in [0.5, 0.6) is 0 Å². The molecule has 14 N–H and O–H groups in total. The fraction of sp³-hybridized carbons (Fsp3) is 0.794. The molecule has 17 nitrogen and oxygen atoms in total. The number of carbonyl (C=O) groups excluding carboxylic acids is 1. The van der Waals surface area contributed by atoms with Crippen LogP contribution in [0.4, 0.5) is 8.78 Å². The maximum Gasteiger partial charge on any atom is 0.363 e. The Morgan fingerprint density at radius 3 is 1.81 bits per heavy atom. The molecule has 308 valence electrons. The van der Waals surface area contributed by atoms with E-state index in [4.69, 9.17) is 20.4 Å². The van der Waals surface area contributed by atoms with Crippen LogP contribution in [0, 0.1) is 11.8 Å². The van der Waals surface area contributed by atoms with E-state index in [-0.39, 0.29) is 12.1 Å². The standard InChI is InChI=1S/C25H44N4O2.C7H11F2NO10.C2H6/c1-17(2)24-26-27(7)21(6)28(24)19(4)16-23-15-18(3)20(5)29(23)25(30,31)14-13-22-11-9-8-10-12-22;8-3(9)6(17,18)4(13,14)2(12,1(10)11)5(15,16)7(3,19)20;1-2/h8-12,17-21,23-24,26,30-31H,13-16H2,1-7H3;12-20H,(H2,10,11);1-2H3. The molecule has 3 aliphatic rings. The van der Waals surface area contributed by atoms with E-state index in [1.54, 1.807) is 0 Å². The van der Waals surface area contributed by atoms with Gasteiger partial charge in [-0.15, -0.1) is 0 Å². The molecule has 1 saturated carbocycles. The fourth-order valence-electron chi connectivity index (χ4n) is 7.50. The second-order valence-electron chi connectivity index (χ2n) is 14.7. The molecular formula is C34H61F2N5O12. The molecule has 6 atom stereocenters. The first kappa shape index (κ1) is 47.1. The van der Waals surface area contributed by atoms with E-state index in [0.717, 1.165) is 18.4 Å². The van der Waals surface area contributed by atoms with Crippen molar-refractivity contribution < 1.29 is 69.7 Å². The highest BCUT2D eigenvalue weighted by atomic mass is 19.3. The summed E-state index contributed by atoms with van der Waals surface area (Å²) in [5.41, 5.74) is 4.28. The van der Waals surface area contributed by atoms with Gasteiger partial charge in [0, 0.05) is 31.6 Å². The van der Waals surface area contributed by atoms with Crippen molar-refractivity contribution in [2.45, 2.75) is 152 Å². The zero-order chi connectivity index (χ0) is 41.5. The van der Waals surface area contributed by atoms with Gasteiger partial charge in [-0.3, -0.25) is 9.69 Å². The van der Waals surface area contributed by atoms with Gasteiger partial charge in [-0.1, -0.05) is 65.0 Å². The fourth-order valence-corrected chi connectivity index (χ4v) is 7.50. The Balaban J connectivity index is 0.000000383. The maximum absolute atomic E-state index is 13.5. The number of amides is 1. The molecule has 3 fully saturated rings. The monoisotopic (exact) mass is 769 g/mol. The second-order valence-corrected chi connectivity index (χ2v) is 14.7. The Hall–Kier alpha value is -2.05. The Morgan fingerprint density at radius 1 is 0.906 bits per heavy atom. The van der Waals surface area contributed by atoms with Crippen molar-refractivity contribution in [3.05, 3.63) is 35.9 Å². The Morgan fingerprint density at radius 2 is 1.38 bits per heavy atom. The number of aryl methyl sites for hydroxylation is 1. The SMILES string of the molecule is CC.CC(C)C1NN(C)C(C)N1C(C)CC1CC(C)C(C)N1C(O)(O)CCc1ccccc1.NC(=O)C1(O)C(O)(O)C(O)(O)C(F)(F)C(O)(O)C1(O)O. The lowest BCUT2D eigenvalue weighted by Crippen LogP contribution is -2.95. The van der Waals surface area contributed by atoms with Crippen molar-refractivity contribution in [3.63, 3.8) is 0 Å². The van der Waals surface area contributed by atoms with Crippen molar-refractivity contribution in [2.24, 2.45) is 17.6 Å². The number of hydrogen-bond donors (Lipinski definition) is 13. The van der Waals surface area contributed by atoms with Crippen molar-refractivity contribution in [3.8, 4) is 0 Å². The number of primary amides is 1. The molecule has 1 amide bonds. The molecule has 0 bridgehead atoms. The average molecular weight is 770 g/mol. The van der Waals surface area contributed by atoms with Gasteiger partial charge in [0.1, 0.15) is 0 Å². The van der Waals surface area contributed by atoms with E-state index >= 15 is 0 Å². The lowest BCUT2D eigenvalue weighted by molar-refractivity contribution is -0.581. The number of benzene rings is 1. The Kier molecular flexibility index (Phi) is 14.4. The summed E-state index contributed by atoms with van der Waals surface area (Å²) in [7, 11) is 2.11. The van der Waals surface area contributed by atoms with Crippen LogP contribution >= 0.6 is 0 Å². The van der Waals surface area contributed by atoms with Crippen LogP contribution in [0.1, 0.15) is 80.2 Å². The number of alkyl halides is 2. The number of likely N-dealkylation sites (tertiary alicyclic amines) is 1. The minimum absolute atomic E-state index is 0.140. The van der Waals surface area contributed by atoms with Gasteiger partial charge in [-0.2, -0.15) is 8.78 Å². The van der Waals surface area contributed by atoms with Gasteiger partial charge in [-0.25, -0.2) is 15.3 Å². The van der Waals surface area contributed by atoms with E-state index in [2.05, 4.69) is 81.8 Å². The third-order valence-corrected chi connectivity index (χ3v) is 10.9. The highest BCUT2D eigenvalue weighted by Crippen LogP contribution is 2.57. The number of hydrazine groups is 1. The number of nitrogens with two attached hydrogens (primary N) is 1. The van der Waals surface area contributed by atoms with E-state index in [1.807, 2.05) is 36.9 Å². The van der Waals surface area contributed by atoms with Crippen LogP contribution in [0.2, 0.25) is 0 Å². The number of aliphatic hydroxyl groups is 11. The van der Waals surface area contributed by atoms with E-state index in [9.17, 15) is 49.3 Å². The predicted molar refractivity (Wildman–Crippen MR) is 185 cm³/mol. The number of halogens is 2. The zero-order valence-electron chi connectivity index (χ0n) is 31.8. The molecule has 1 aromatic carbocycles. The van der Waals surface area contributed by atoms with Crippen LogP contribution in [-0.2, 0) is 11.2 Å². The molecule has 0 spiro atoms. The molecule has 1 aliphatic carbocycles. The maximum atomic E-state index is 13.5. The molecule has 53 heavy (non-hydrogen) atoms. The van der Waals surface area contributed by atoms with E-state index in [1.165, 1.54) is 0 Å². The quantitative estimate of drug-likeness (QED) is 0.119. The molecule has 2 aliphatic heterocycles. The Labute approximate surface area is 308 Å². The normalized spacial score (nSPS) is 30.9. The van der Waals surface area contributed by atoms with Crippen molar-refractivity contribution in [1.29, 1.82) is 0 Å². The average Bonchev–Trinajstić information content (AvgIpc) is 3.53. The van der Waals surface area contributed by atoms with Crippen LogP contribution < -0.4 is 11.2 Å². The summed E-state index contributed by atoms with van der Waals surface area (Å²) in [4.78, 5) is 15.5. The van der Waals surface area contributed by atoms with Gasteiger partial charge in [-0.05, 0) is 57.4 Å². The number of nitrogens with zero attached hydrogens (tertiary/aromatic N) is 3. The van der Waals surface area contributed by atoms with Crippen LogP contribution in [0.15, 0.2) is 30.3 Å². The summed E-state index contributed by atoms with van der Waals surface area (Å²) in [6.07, 6.45) is 3.49. The van der Waals surface area contributed by atoms with Gasteiger partial charge < -0.3 is 61.9 Å². The van der Waals surface area contributed by atoms with Crippen LogP contribution in [0.25, 0.3) is 0 Å². The smallest absolute Gasteiger partial charge is 0.363 e. The first-order chi connectivity index (χ1) is 24.0. The lowest BCUT2D eigenvalue weighted by Gasteiger charge is -2.59. The van der Waals surface area contributed by atoms with E-state index < -0.39 is 46.5 Å². The molecule has 2 heterocycles. The molecule has 4 rings (SSSR count). The number of carbonyl (C=O) groups is 1. The Bertz CT molecular complexity index is 1340. The van der Waals surface area contributed by atoms with Crippen LogP contribution in [0.3, 0.4) is 0 Å². The highest BCUT2D eigenvalue weighted by molar-refractivity contribution is 5.87. The van der Waals surface area contributed by atoms with Gasteiger partial charge in [0.2, 0.25) is 5.91 Å². The summed E-state index contributed by atoms with van der Waals surface area (Å²) in [6.45, 7) is 17.4. The number of hydrogen-bond acceptors (Lipinski definition) is 16. The van der Waals surface area contributed by atoms with Gasteiger partial charge in [0.25, 0.3) is 34.7 Å². The van der Waals surface area contributed by atoms with Gasteiger partial charge in [0.05, 0.1) is 12.3 Å². The predicted octanol–water partition coefficient (Wildman–Crippen LogP) is -2.18. The third kappa shape index (κ3) is 7.72. The summed E-state index contributed by atoms with van der Waals surface area (Å²) in [6, 6.07) is 10.7. The largest absolute Gasteiger partial charge is 0.371 e. The van der Waals surface area contributed by atoms with Crippen molar-refractivity contribution in [2.75, 3.05) is 7.05 Å². The minimum Gasteiger partial charge on any atom is -0.371 e. The molecule has 1 aromatic rings. The summed E-state index contributed by atoms with van der Waals surface area (Å²) < 4.78 is 26.9. The van der Waals surface area contributed by atoms with Crippen molar-refractivity contribution in [1.82, 2.24) is 20.2 Å². The summed E-state index contributed by atoms with van der Waals surface area (Å²) >= 11 is 0. The van der Waals surface area contributed by atoms with Crippen LogP contribution in [-0.4, -0.2) is 155 Å². The first-order valence-corrected chi connectivity index (χ1v) is 17.7. The molecular weight excluding hydrogens is 708 g/mol. The lowest BCUT2D eigenvalue weighted by atomic mass is 9.65. The molecule has 6 unspecified atom stereocenters. The first-order valence-electron chi connectivity index (χ1n) is 17.7. The summed E-state index contributed by atoms with van der Waals surface area (Å²) in [5, 5.41) is 107. The number of rotatable bonds is 9. The second kappa shape index (κ2) is 16.2.